The highest BCUT2D eigenvalue weighted by atomic mass is 32.2. The third-order valence-electron chi connectivity index (χ3n) is 2.71. The Balaban J connectivity index is 4.26. The molecular weight excluding hydrogens is 224 g/mol. The minimum atomic E-state index is -3.17. The molecule has 2 atom stereocenters. The average molecular weight is 250 g/mol. The van der Waals surface area contributed by atoms with Gasteiger partial charge in [0.05, 0.1) is 5.75 Å². The summed E-state index contributed by atoms with van der Waals surface area (Å²) in [4.78, 5) is 0. The van der Waals surface area contributed by atoms with E-state index in [4.69, 9.17) is 5.73 Å². The van der Waals surface area contributed by atoms with Crippen LogP contribution in [0.1, 0.15) is 41.0 Å². The van der Waals surface area contributed by atoms with Crippen molar-refractivity contribution in [2.45, 2.75) is 47.1 Å². The molecule has 16 heavy (non-hydrogen) atoms. The van der Waals surface area contributed by atoms with E-state index in [1.165, 1.54) is 0 Å². The van der Waals surface area contributed by atoms with Gasteiger partial charge in [0.1, 0.15) is 0 Å². The first-order chi connectivity index (χ1) is 7.07. The molecule has 0 amide bonds. The van der Waals surface area contributed by atoms with E-state index >= 15 is 0 Å². The molecule has 0 aliphatic rings. The molecule has 0 fully saturated rings. The number of hydrogen-bond acceptors (Lipinski definition) is 3. The highest BCUT2D eigenvalue weighted by Crippen LogP contribution is 2.19. The summed E-state index contributed by atoms with van der Waals surface area (Å²) >= 11 is 0. The van der Waals surface area contributed by atoms with Crippen molar-refractivity contribution in [3.05, 3.63) is 0 Å². The van der Waals surface area contributed by atoms with E-state index in [9.17, 15) is 8.42 Å². The van der Waals surface area contributed by atoms with Gasteiger partial charge >= 0.3 is 0 Å². The predicted octanol–water partition coefficient (Wildman–Crippen LogP) is 1.33. The highest BCUT2D eigenvalue weighted by Gasteiger charge is 2.21. The molecule has 0 aromatic heterocycles. The second-order valence-electron chi connectivity index (χ2n) is 5.75. The Labute approximate surface area is 100 Å². The van der Waals surface area contributed by atoms with Gasteiger partial charge in [-0.1, -0.05) is 27.7 Å². The van der Waals surface area contributed by atoms with Crippen molar-refractivity contribution in [1.82, 2.24) is 4.72 Å². The SMILES string of the molecule is CC(CN)C(C)NS(=O)(=O)CCC(C)(C)C. The number of sulfonamides is 1. The van der Waals surface area contributed by atoms with E-state index in [1.54, 1.807) is 0 Å². The largest absolute Gasteiger partial charge is 0.330 e. The molecule has 3 N–H and O–H groups in total. The highest BCUT2D eigenvalue weighted by molar-refractivity contribution is 7.89. The lowest BCUT2D eigenvalue weighted by atomic mass is 9.94. The molecule has 2 unspecified atom stereocenters. The van der Waals surface area contributed by atoms with E-state index in [0.29, 0.717) is 13.0 Å². The van der Waals surface area contributed by atoms with Gasteiger partial charge in [-0.2, -0.15) is 0 Å². The Kier molecular flexibility index (Phi) is 5.93. The van der Waals surface area contributed by atoms with Gasteiger partial charge in [0.15, 0.2) is 0 Å². The summed E-state index contributed by atoms with van der Waals surface area (Å²) in [6, 6.07) is -0.102. The van der Waals surface area contributed by atoms with E-state index in [0.717, 1.165) is 0 Å². The van der Waals surface area contributed by atoms with Gasteiger partial charge < -0.3 is 5.73 Å². The second kappa shape index (κ2) is 5.98. The van der Waals surface area contributed by atoms with Crippen molar-refractivity contribution in [2.75, 3.05) is 12.3 Å². The summed E-state index contributed by atoms with van der Waals surface area (Å²) in [6.45, 7) is 10.4. The third kappa shape index (κ3) is 7.19. The molecule has 0 rings (SSSR count). The standard InChI is InChI=1S/C11H26N2O2S/c1-9(8-12)10(2)13-16(14,15)7-6-11(3,4)5/h9-10,13H,6-8,12H2,1-5H3. The molecule has 0 aromatic carbocycles. The van der Waals surface area contributed by atoms with Crippen molar-refractivity contribution in [1.29, 1.82) is 0 Å². The van der Waals surface area contributed by atoms with Crippen LogP contribution in [0.25, 0.3) is 0 Å². The lowest BCUT2D eigenvalue weighted by Crippen LogP contribution is -2.41. The molecule has 0 aliphatic heterocycles. The normalized spacial score (nSPS) is 17.1. The summed E-state index contributed by atoms with van der Waals surface area (Å²) in [5.74, 6) is 0.336. The Morgan fingerprint density at radius 1 is 1.25 bits per heavy atom. The van der Waals surface area contributed by atoms with Crippen LogP contribution in [0.5, 0.6) is 0 Å². The second-order valence-corrected chi connectivity index (χ2v) is 7.62. The van der Waals surface area contributed by atoms with Crippen LogP contribution >= 0.6 is 0 Å². The monoisotopic (exact) mass is 250 g/mol. The quantitative estimate of drug-likeness (QED) is 0.747. The zero-order valence-corrected chi connectivity index (χ0v) is 11.9. The average Bonchev–Trinajstić information content (AvgIpc) is 2.12. The van der Waals surface area contributed by atoms with E-state index in [2.05, 4.69) is 4.72 Å². The fourth-order valence-corrected chi connectivity index (χ4v) is 2.90. The minimum Gasteiger partial charge on any atom is -0.330 e. The molecule has 0 saturated heterocycles. The molecule has 98 valence electrons. The summed E-state index contributed by atoms with van der Waals surface area (Å²) in [5, 5.41) is 0. The van der Waals surface area contributed by atoms with E-state index in [-0.39, 0.29) is 23.1 Å². The van der Waals surface area contributed by atoms with Crippen molar-refractivity contribution in [3.8, 4) is 0 Å². The smallest absolute Gasteiger partial charge is 0.211 e. The predicted molar refractivity (Wildman–Crippen MR) is 68.7 cm³/mol. The lowest BCUT2D eigenvalue weighted by Gasteiger charge is -2.22. The minimum absolute atomic E-state index is 0.0392. The zero-order chi connectivity index (χ0) is 13.0. The van der Waals surface area contributed by atoms with Gasteiger partial charge in [-0.25, -0.2) is 13.1 Å². The van der Waals surface area contributed by atoms with Gasteiger partial charge in [0.2, 0.25) is 10.0 Å². The summed E-state index contributed by atoms with van der Waals surface area (Å²) in [6.07, 6.45) is 0.659. The van der Waals surface area contributed by atoms with Crippen molar-refractivity contribution >= 4 is 10.0 Å². The van der Waals surface area contributed by atoms with Crippen LogP contribution in [0.3, 0.4) is 0 Å². The summed E-state index contributed by atoms with van der Waals surface area (Å²) in [5.41, 5.74) is 5.54. The topological polar surface area (TPSA) is 72.2 Å². The van der Waals surface area contributed by atoms with Crippen molar-refractivity contribution in [2.24, 2.45) is 17.1 Å². The first-order valence-electron chi connectivity index (χ1n) is 5.77. The molecule has 0 aliphatic carbocycles. The molecule has 0 radical (unpaired) electrons. The van der Waals surface area contributed by atoms with Crippen molar-refractivity contribution < 1.29 is 8.42 Å². The molecule has 4 nitrogen and oxygen atoms in total. The van der Waals surface area contributed by atoms with Gasteiger partial charge in [0, 0.05) is 6.04 Å². The van der Waals surface area contributed by atoms with Crippen LogP contribution in [0, 0.1) is 11.3 Å². The Bertz CT molecular complexity index is 294. The maximum Gasteiger partial charge on any atom is 0.211 e. The molecule has 0 spiro atoms. The number of nitrogens with two attached hydrogens (primary N) is 1. The van der Waals surface area contributed by atoms with E-state index < -0.39 is 10.0 Å². The summed E-state index contributed by atoms with van der Waals surface area (Å²) in [7, 11) is -3.17. The van der Waals surface area contributed by atoms with Crippen LogP contribution in [0.2, 0.25) is 0 Å². The molecule has 0 bridgehead atoms. The number of hydrogen-bond donors (Lipinski definition) is 2. The Morgan fingerprint density at radius 3 is 2.12 bits per heavy atom. The summed E-state index contributed by atoms with van der Waals surface area (Å²) < 4.78 is 26.2. The van der Waals surface area contributed by atoms with Crippen LogP contribution in [0.4, 0.5) is 0 Å². The molecule has 0 heterocycles. The molecule has 5 heteroatoms. The third-order valence-corrected chi connectivity index (χ3v) is 4.18. The number of rotatable bonds is 6. The Hall–Kier alpha value is -0.130. The van der Waals surface area contributed by atoms with Crippen LogP contribution < -0.4 is 10.5 Å². The fourth-order valence-electron chi connectivity index (χ4n) is 1.10. The van der Waals surface area contributed by atoms with Gasteiger partial charge in [-0.3, -0.25) is 0 Å². The fraction of sp³-hybridized carbons (Fsp3) is 1.00. The van der Waals surface area contributed by atoms with Crippen LogP contribution in [0.15, 0.2) is 0 Å². The molecular formula is C11H26N2O2S. The molecule has 0 saturated carbocycles. The zero-order valence-electron chi connectivity index (χ0n) is 11.1. The maximum absolute atomic E-state index is 11.8. The van der Waals surface area contributed by atoms with Crippen LogP contribution in [-0.4, -0.2) is 26.8 Å². The first-order valence-corrected chi connectivity index (χ1v) is 7.43. The number of nitrogens with one attached hydrogen (secondary N) is 1. The van der Waals surface area contributed by atoms with E-state index in [1.807, 2.05) is 34.6 Å². The lowest BCUT2D eigenvalue weighted by molar-refractivity contribution is 0.393. The van der Waals surface area contributed by atoms with Crippen LogP contribution in [-0.2, 0) is 10.0 Å². The Morgan fingerprint density at radius 2 is 1.75 bits per heavy atom. The van der Waals surface area contributed by atoms with Gasteiger partial charge in [0.25, 0.3) is 0 Å². The van der Waals surface area contributed by atoms with Crippen molar-refractivity contribution in [3.63, 3.8) is 0 Å². The molecule has 0 aromatic rings. The maximum atomic E-state index is 11.8. The van der Waals surface area contributed by atoms with Gasteiger partial charge in [-0.15, -0.1) is 0 Å². The first kappa shape index (κ1) is 15.9. The van der Waals surface area contributed by atoms with Gasteiger partial charge in [-0.05, 0) is 31.2 Å².